The van der Waals surface area contributed by atoms with Gasteiger partial charge in [-0.25, -0.2) is 9.80 Å². The number of thioether (sulfide) groups is 1. The van der Waals surface area contributed by atoms with Gasteiger partial charge in [0, 0.05) is 18.5 Å². The molecule has 39 heavy (non-hydrogen) atoms. The summed E-state index contributed by atoms with van der Waals surface area (Å²) in [5.41, 5.74) is 4.62. The van der Waals surface area contributed by atoms with Crippen molar-refractivity contribution in [2.75, 3.05) is 12.4 Å². The molecule has 2 atom stereocenters. The summed E-state index contributed by atoms with van der Waals surface area (Å²) in [6, 6.07) is 21.6. The third kappa shape index (κ3) is 5.85. The van der Waals surface area contributed by atoms with Gasteiger partial charge < -0.3 is 15.2 Å². The molecule has 0 unspecified atom stereocenters. The fraction of sp³-hybridized carbons (Fsp3) is 0.207. The van der Waals surface area contributed by atoms with Gasteiger partial charge in [0.25, 0.3) is 5.91 Å². The number of aryl methyl sites for hydroxylation is 1. The standard InChI is InChI=1S/C29H26N4O5S/c1-17-3-5-18(6-4-17)23-15-24(19-9-13-22(38-2)14-10-19)33(32-23)29-31-27(35)25(39-29)16-26(34)30-21-11-7-20(8-12-21)28(36)37/h3-14,24-25H,15-16H2,1-2H3,(H,30,34)(H,36,37)/t24-,25-/m1/s1. The van der Waals surface area contributed by atoms with E-state index >= 15 is 0 Å². The zero-order valence-corrected chi connectivity index (χ0v) is 22.1. The molecule has 0 aliphatic carbocycles. The largest absolute Gasteiger partial charge is 0.497 e. The Balaban J connectivity index is 1.32. The monoisotopic (exact) mass is 542 g/mol. The van der Waals surface area contributed by atoms with Crippen molar-refractivity contribution >= 4 is 46.1 Å². The molecule has 0 aromatic heterocycles. The van der Waals surface area contributed by atoms with Crippen molar-refractivity contribution in [1.82, 2.24) is 5.01 Å². The molecule has 0 bridgehead atoms. The third-order valence-electron chi connectivity index (χ3n) is 6.51. The van der Waals surface area contributed by atoms with Crippen LogP contribution in [0.1, 0.15) is 45.9 Å². The normalized spacial score (nSPS) is 18.5. The minimum Gasteiger partial charge on any atom is -0.497 e. The van der Waals surface area contributed by atoms with Gasteiger partial charge in [0.1, 0.15) is 11.0 Å². The average Bonchev–Trinajstić information content (AvgIpc) is 3.53. The Hall–Kier alpha value is -4.44. The zero-order chi connectivity index (χ0) is 27.5. The maximum atomic E-state index is 12.8. The lowest BCUT2D eigenvalue weighted by Gasteiger charge is -2.23. The first kappa shape index (κ1) is 26.2. The van der Waals surface area contributed by atoms with E-state index in [0.717, 1.165) is 28.2 Å². The molecule has 2 N–H and O–H groups in total. The molecule has 0 spiro atoms. The van der Waals surface area contributed by atoms with Crippen molar-refractivity contribution in [1.29, 1.82) is 0 Å². The Labute approximate surface area is 229 Å². The van der Waals surface area contributed by atoms with Gasteiger partial charge in [0.05, 0.1) is 24.4 Å². The van der Waals surface area contributed by atoms with Gasteiger partial charge in [-0.2, -0.15) is 10.1 Å². The number of ether oxygens (including phenoxy) is 1. The van der Waals surface area contributed by atoms with E-state index in [0.29, 0.717) is 17.3 Å². The fourth-order valence-electron chi connectivity index (χ4n) is 4.37. The number of carbonyl (C=O) groups is 3. The fourth-order valence-corrected chi connectivity index (χ4v) is 5.44. The molecule has 3 aromatic rings. The summed E-state index contributed by atoms with van der Waals surface area (Å²) in [7, 11) is 1.62. The summed E-state index contributed by atoms with van der Waals surface area (Å²) in [5, 5.41) is 18.2. The molecule has 10 heteroatoms. The predicted molar refractivity (Wildman–Crippen MR) is 150 cm³/mol. The van der Waals surface area contributed by atoms with Crippen LogP contribution >= 0.6 is 11.8 Å². The summed E-state index contributed by atoms with van der Waals surface area (Å²) in [6.45, 7) is 2.03. The van der Waals surface area contributed by atoms with Crippen LogP contribution < -0.4 is 10.1 Å². The number of amidine groups is 1. The third-order valence-corrected chi connectivity index (χ3v) is 7.65. The Morgan fingerprint density at radius 2 is 1.74 bits per heavy atom. The number of hydrazone groups is 1. The first-order chi connectivity index (χ1) is 18.8. The van der Waals surface area contributed by atoms with E-state index in [-0.39, 0.29) is 29.8 Å². The van der Waals surface area contributed by atoms with E-state index in [9.17, 15) is 14.4 Å². The number of methoxy groups -OCH3 is 1. The van der Waals surface area contributed by atoms with Gasteiger partial charge in [-0.1, -0.05) is 53.7 Å². The van der Waals surface area contributed by atoms with Gasteiger partial charge in [-0.3, -0.25) is 9.59 Å². The molecule has 2 aliphatic rings. The van der Waals surface area contributed by atoms with Crippen LogP contribution in [-0.2, 0) is 9.59 Å². The van der Waals surface area contributed by atoms with Gasteiger partial charge in [0.2, 0.25) is 5.91 Å². The number of aliphatic imine (C=N–C) groups is 1. The van der Waals surface area contributed by atoms with Crippen LogP contribution in [0.2, 0.25) is 0 Å². The van der Waals surface area contributed by atoms with Gasteiger partial charge in [0.15, 0.2) is 5.17 Å². The summed E-state index contributed by atoms with van der Waals surface area (Å²) in [4.78, 5) is 40.8. The molecule has 0 radical (unpaired) electrons. The first-order valence-electron chi connectivity index (χ1n) is 12.3. The molecule has 0 saturated heterocycles. The Kier molecular flexibility index (Phi) is 7.47. The number of carbonyl (C=O) groups excluding carboxylic acids is 2. The van der Waals surface area contributed by atoms with Crippen LogP contribution in [0.15, 0.2) is 82.9 Å². The molecular formula is C29H26N4O5S. The number of amides is 2. The highest BCUT2D eigenvalue weighted by molar-refractivity contribution is 8.15. The quantitative estimate of drug-likeness (QED) is 0.437. The highest BCUT2D eigenvalue weighted by atomic mass is 32.2. The summed E-state index contributed by atoms with van der Waals surface area (Å²) in [5.74, 6) is -1.06. The number of carboxylic acids is 1. The second-order valence-electron chi connectivity index (χ2n) is 9.22. The lowest BCUT2D eigenvalue weighted by atomic mass is 9.98. The van der Waals surface area contributed by atoms with Crippen molar-refractivity contribution in [2.24, 2.45) is 10.1 Å². The number of anilines is 1. The number of benzene rings is 3. The molecule has 9 nitrogen and oxygen atoms in total. The van der Waals surface area contributed by atoms with Gasteiger partial charge in [-0.05, 0) is 54.4 Å². The zero-order valence-electron chi connectivity index (χ0n) is 21.3. The number of nitrogens with one attached hydrogen (secondary N) is 1. The van der Waals surface area contributed by atoms with Crippen molar-refractivity contribution in [2.45, 2.75) is 31.1 Å². The van der Waals surface area contributed by atoms with Crippen molar-refractivity contribution in [3.05, 3.63) is 95.1 Å². The molecule has 3 aromatic carbocycles. The Morgan fingerprint density at radius 3 is 2.38 bits per heavy atom. The van der Waals surface area contributed by atoms with E-state index in [2.05, 4.69) is 10.3 Å². The molecule has 2 aliphatic heterocycles. The van der Waals surface area contributed by atoms with Gasteiger partial charge >= 0.3 is 5.97 Å². The molecular weight excluding hydrogens is 516 g/mol. The second kappa shape index (κ2) is 11.1. The molecule has 198 valence electrons. The summed E-state index contributed by atoms with van der Waals surface area (Å²) < 4.78 is 5.31. The van der Waals surface area contributed by atoms with Crippen molar-refractivity contribution in [3.8, 4) is 5.75 Å². The number of hydrogen-bond donors (Lipinski definition) is 2. The van der Waals surface area contributed by atoms with Crippen molar-refractivity contribution < 1.29 is 24.2 Å². The lowest BCUT2D eigenvalue weighted by molar-refractivity contribution is -0.121. The molecule has 0 saturated carbocycles. The molecule has 2 amide bonds. The van der Waals surface area contributed by atoms with E-state index in [4.69, 9.17) is 14.9 Å². The summed E-state index contributed by atoms with van der Waals surface area (Å²) >= 11 is 1.22. The van der Waals surface area contributed by atoms with Crippen LogP contribution in [0.25, 0.3) is 0 Å². The minimum atomic E-state index is -1.05. The number of nitrogens with zero attached hydrogens (tertiary/aromatic N) is 3. The summed E-state index contributed by atoms with van der Waals surface area (Å²) in [6.07, 6.45) is 0.549. The van der Waals surface area contributed by atoms with Crippen LogP contribution in [-0.4, -0.2) is 51.1 Å². The number of rotatable bonds is 7. The topological polar surface area (TPSA) is 121 Å². The molecule has 0 fully saturated rings. The van der Waals surface area contributed by atoms with Crippen LogP contribution in [0, 0.1) is 6.92 Å². The maximum Gasteiger partial charge on any atom is 0.335 e. The highest BCUT2D eigenvalue weighted by Gasteiger charge is 2.39. The van der Waals surface area contributed by atoms with Crippen LogP contribution in [0.5, 0.6) is 5.75 Å². The predicted octanol–water partition coefficient (Wildman–Crippen LogP) is 4.88. The van der Waals surface area contributed by atoms with E-state index in [1.54, 1.807) is 12.1 Å². The van der Waals surface area contributed by atoms with E-state index in [1.807, 2.05) is 55.5 Å². The second-order valence-corrected chi connectivity index (χ2v) is 10.4. The van der Waals surface area contributed by atoms with Crippen LogP contribution in [0.4, 0.5) is 5.69 Å². The number of aromatic carboxylic acids is 1. The smallest absolute Gasteiger partial charge is 0.335 e. The number of carboxylic acid groups (broad SMARTS) is 1. The lowest BCUT2D eigenvalue weighted by Crippen LogP contribution is -2.25. The number of hydrogen-bond acceptors (Lipinski definition) is 7. The Bertz CT molecular complexity index is 1470. The minimum absolute atomic E-state index is 0.0766. The van der Waals surface area contributed by atoms with Crippen LogP contribution in [0.3, 0.4) is 0 Å². The van der Waals surface area contributed by atoms with Crippen molar-refractivity contribution in [3.63, 3.8) is 0 Å². The molecule has 5 rings (SSSR count). The maximum absolute atomic E-state index is 12.8. The SMILES string of the molecule is COc1ccc([C@H]2CC(c3ccc(C)cc3)=NN2C2=NC(=O)[C@@H](CC(=O)Nc3ccc(C(=O)O)cc3)S2)cc1. The van der Waals surface area contributed by atoms with E-state index in [1.165, 1.54) is 36.0 Å². The highest BCUT2D eigenvalue weighted by Crippen LogP contribution is 2.39. The van der Waals surface area contributed by atoms with Gasteiger partial charge in [-0.15, -0.1) is 0 Å². The average molecular weight is 543 g/mol. The molecule has 2 heterocycles. The van der Waals surface area contributed by atoms with E-state index < -0.39 is 11.2 Å². The Morgan fingerprint density at radius 1 is 1.05 bits per heavy atom. The first-order valence-corrected chi connectivity index (χ1v) is 13.2.